The molecule has 0 spiro atoms. The molecule has 0 saturated carbocycles. The molecule has 35 heavy (non-hydrogen) atoms. The first-order valence-electron chi connectivity index (χ1n) is 12.0. The topological polar surface area (TPSA) is 70.0 Å². The van der Waals surface area contributed by atoms with E-state index in [9.17, 15) is 15.0 Å². The van der Waals surface area contributed by atoms with Gasteiger partial charge in [-0.15, -0.1) is 16.8 Å². The standard InChI is InChI=1S/C27H27NO4S.C2H6/c1-2-22(29)11-8-21-18-33-27(20-6-12-23(30)13-7-20)25(21)26(31)19-9-14-24(15-10-19)32-28-16-4-3-5-17-28;1-2/h2,6-15,29-30H,1,3-5,16-18H2;1-2H3/b21-8+,22-11+;. The van der Waals surface area contributed by atoms with E-state index in [2.05, 4.69) is 6.58 Å². The molecule has 184 valence electrons. The van der Waals surface area contributed by atoms with E-state index in [1.165, 1.54) is 12.5 Å². The summed E-state index contributed by atoms with van der Waals surface area (Å²) in [6.07, 6.45) is 8.16. The van der Waals surface area contributed by atoms with Gasteiger partial charge >= 0.3 is 0 Å². The number of benzene rings is 2. The number of carbonyl (C=O) groups is 1. The lowest BCUT2D eigenvalue weighted by Crippen LogP contribution is -2.32. The number of carbonyl (C=O) groups excluding carboxylic acids is 1. The van der Waals surface area contributed by atoms with E-state index >= 15 is 0 Å². The van der Waals surface area contributed by atoms with Gasteiger partial charge in [0.15, 0.2) is 5.78 Å². The number of thioether (sulfide) groups is 1. The summed E-state index contributed by atoms with van der Waals surface area (Å²) in [5, 5.41) is 21.4. The molecule has 6 heteroatoms. The summed E-state index contributed by atoms with van der Waals surface area (Å²) in [6, 6.07) is 14.1. The Morgan fingerprint density at radius 1 is 1.03 bits per heavy atom. The highest BCUT2D eigenvalue weighted by atomic mass is 32.2. The van der Waals surface area contributed by atoms with Gasteiger partial charge in [-0.25, -0.2) is 0 Å². The maximum absolute atomic E-state index is 13.6. The Balaban J connectivity index is 0.00000167. The van der Waals surface area contributed by atoms with Crippen molar-refractivity contribution in [2.75, 3.05) is 18.8 Å². The van der Waals surface area contributed by atoms with Gasteiger partial charge in [0.1, 0.15) is 17.3 Å². The van der Waals surface area contributed by atoms with E-state index in [-0.39, 0.29) is 17.3 Å². The summed E-state index contributed by atoms with van der Waals surface area (Å²) in [5.74, 6) is 1.45. The van der Waals surface area contributed by atoms with E-state index < -0.39 is 0 Å². The Morgan fingerprint density at radius 2 is 1.69 bits per heavy atom. The molecule has 1 fully saturated rings. The number of nitrogens with zero attached hydrogens (tertiary/aromatic N) is 1. The maximum Gasteiger partial charge on any atom is 0.194 e. The number of hydrogen-bond donors (Lipinski definition) is 2. The molecule has 0 atom stereocenters. The van der Waals surface area contributed by atoms with Crippen molar-refractivity contribution in [1.29, 1.82) is 0 Å². The molecule has 5 nitrogen and oxygen atoms in total. The normalized spacial score (nSPS) is 17.7. The lowest BCUT2D eigenvalue weighted by Gasteiger charge is -2.26. The average molecular weight is 492 g/mol. The highest BCUT2D eigenvalue weighted by molar-refractivity contribution is 8.09. The first-order valence-corrected chi connectivity index (χ1v) is 13.0. The van der Waals surface area contributed by atoms with Crippen molar-refractivity contribution in [3.8, 4) is 11.5 Å². The van der Waals surface area contributed by atoms with Crippen LogP contribution in [0.25, 0.3) is 4.91 Å². The largest absolute Gasteiger partial charge is 0.508 e. The number of aliphatic hydroxyl groups excluding tert-OH is 1. The molecule has 2 aliphatic rings. The van der Waals surface area contributed by atoms with Crippen LogP contribution in [0.3, 0.4) is 0 Å². The number of aromatic hydroxyl groups is 1. The van der Waals surface area contributed by atoms with Gasteiger partial charge in [-0.05, 0) is 72.5 Å². The van der Waals surface area contributed by atoms with Gasteiger partial charge in [0, 0.05) is 34.9 Å². The van der Waals surface area contributed by atoms with Crippen LogP contribution in [0.5, 0.6) is 11.5 Å². The second-order valence-corrected chi connectivity index (χ2v) is 8.95. The third-order valence-electron chi connectivity index (χ3n) is 5.61. The number of Topliss-reactive ketones (excluding diaryl/α,β-unsaturated/α-hetero) is 1. The Morgan fingerprint density at radius 3 is 2.31 bits per heavy atom. The molecule has 0 amide bonds. The van der Waals surface area contributed by atoms with Gasteiger partial charge in [-0.1, -0.05) is 45.1 Å². The molecule has 0 aromatic heterocycles. The fourth-order valence-electron chi connectivity index (χ4n) is 3.83. The van der Waals surface area contributed by atoms with Crippen molar-refractivity contribution in [1.82, 2.24) is 5.06 Å². The van der Waals surface area contributed by atoms with Gasteiger partial charge in [0.2, 0.25) is 0 Å². The summed E-state index contributed by atoms with van der Waals surface area (Å²) in [7, 11) is 0. The second kappa shape index (κ2) is 13.0. The number of allylic oxidation sites excluding steroid dienone is 4. The van der Waals surface area contributed by atoms with Crippen LogP contribution in [-0.4, -0.2) is 39.9 Å². The fraction of sp³-hybridized carbons (Fsp3) is 0.276. The van der Waals surface area contributed by atoms with Crippen LogP contribution in [-0.2, 0) is 0 Å². The van der Waals surface area contributed by atoms with Crippen LogP contribution in [0.4, 0.5) is 0 Å². The van der Waals surface area contributed by atoms with E-state index in [0.29, 0.717) is 16.9 Å². The molecule has 0 radical (unpaired) electrons. The van der Waals surface area contributed by atoms with E-state index in [1.54, 1.807) is 60.3 Å². The summed E-state index contributed by atoms with van der Waals surface area (Å²) in [6.45, 7) is 9.39. The Bertz CT molecular complexity index is 1110. The van der Waals surface area contributed by atoms with Crippen LogP contribution >= 0.6 is 11.8 Å². The fourth-order valence-corrected chi connectivity index (χ4v) is 5.04. The van der Waals surface area contributed by atoms with Gasteiger partial charge in [-0.2, -0.15) is 0 Å². The summed E-state index contributed by atoms with van der Waals surface area (Å²) in [4.78, 5) is 20.4. The molecule has 0 unspecified atom stereocenters. The van der Waals surface area contributed by atoms with Gasteiger partial charge in [0.05, 0.1) is 0 Å². The zero-order valence-corrected chi connectivity index (χ0v) is 21.2. The quantitative estimate of drug-likeness (QED) is 0.245. The third kappa shape index (κ3) is 6.90. The molecule has 2 aliphatic heterocycles. The molecule has 1 saturated heterocycles. The van der Waals surface area contributed by atoms with Crippen molar-refractivity contribution in [2.24, 2.45) is 0 Å². The van der Waals surface area contributed by atoms with E-state index in [0.717, 1.165) is 47.7 Å². The molecule has 2 aromatic rings. The number of rotatable bonds is 7. The number of hydroxylamine groups is 2. The summed E-state index contributed by atoms with van der Waals surface area (Å²) >= 11 is 1.57. The average Bonchev–Trinajstić information content (AvgIpc) is 3.33. The number of aliphatic hydroxyl groups is 1. The Labute approximate surface area is 212 Å². The summed E-state index contributed by atoms with van der Waals surface area (Å²) in [5.41, 5.74) is 2.86. The molecular formula is C29H33NO4S. The van der Waals surface area contributed by atoms with Crippen molar-refractivity contribution in [2.45, 2.75) is 33.1 Å². The predicted molar refractivity (Wildman–Crippen MR) is 145 cm³/mol. The monoisotopic (exact) mass is 491 g/mol. The molecule has 0 aliphatic carbocycles. The smallest absolute Gasteiger partial charge is 0.194 e. The minimum absolute atomic E-state index is 0.0385. The molecule has 4 rings (SSSR count). The number of phenols is 1. The van der Waals surface area contributed by atoms with Crippen LogP contribution in [0, 0.1) is 0 Å². The minimum atomic E-state index is -0.0923. The SMILES string of the molecule is C=C/C(O)=C\C=C1/CSC(c2ccc(O)cc2)=C1C(=O)c1ccc(ON2CCCCC2)cc1.CC. The number of hydrogen-bond acceptors (Lipinski definition) is 6. The van der Waals surface area contributed by atoms with Crippen LogP contribution in [0.1, 0.15) is 49.0 Å². The highest BCUT2D eigenvalue weighted by Gasteiger charge is 2.28. The first kappa shape index (κ1) is 26.4. The maximum atomic E-state index is 13.6. The molecular weight excluding hydrogens is 458 g/mol. The van der Waals surface area contributed by atoms with Gasteiger partial charge in [-0.3, -0.25) is 4.79 Å². The second-order valence-electron chi connectivity index (χ2n) is 7.96. The van der Waals surface area contributed by atoms with Crippen LogP contribution in [0.15, 0.2) is 90.2 Å². The lowest BCUT2D eigenvalue weighted by molar-refractivity contribution is -0.0720. The predicted octanol–water partition coefficient (Wildman–Crippen LogP) is 7.09. The van der Waals surface area contributed by atoms with Crippen LogP contribution in [0.2, 0.25) is 0 Å². The Kier molecular flexibility index (Phi) is 9.82. The Hall–Kier alpha value is -3.22. The zero-order chi connectivity index (χ0) is 25.2. The number of phenolic OH excluding ortho intramolecular Hbond substituents is 1. The van der Waals surface area contributed by atoms with Crippen molar-refractivity contribution >= 4 is 22.5 Å². The number of ketones is 1. The number of piperidine rings is 1. The molecule has 0 bridgehead atoms. The third-order valence-corrected chi connectivity index (χ3v) is 6.79. The lowest BCUT2D eigenvalue weighted by atomic mass is 9.95. The molecule has 2 aromatic carbocycles. The first-order chi connectivity index (χ1) is 17.0. The highest BCUT2D eigenvalue weighted by Crippen LogP contribution is 2.44. The van der Waals surface area contributed by atoms with Gasteiger partial charge < -0.3 is 15.1 Å². The van der Waals surface area contributed by atoms with Crippen molar-refractivity contribution < 1.29 is 19.8 Å². The van der Waals surface area contributed by atoms with Crippen molar-refractivity contribution in [3.63, 3.8) is 0 Å². The summed E-state index contributed by atoms with van der Waals surface area (Å²) < 4.78 is 0. The zero-order valence-electron chi connectivity index (χ0n) is 20.4. The molecule has 2 heterocycles. The molecule has 2 N–H and O–H groups in total. The van der Waals surface area contributed by atoms with Crippen LogP contribution < -0.4 is 4.84 Å². The van der Waals surface area contributed by atoms with Gasteiger partial charge in [0.25, 0.3) is 0 Å². The van der Waals surface area contributed by atoms with Crippen molar-refractivity contribution in [3.05, 3.63) is 101 Å². The van der Waals surface area contributed by atoms with E-state index in [4.69, 9.17) is 4.84 Å². The van der Waals surface area contributed by atoms with E-state index in [1.807, 2.05) is 31.0 Å². The minimum Gasteiger partial charge on any atom is -0.508 e.